The maximum atomic E-state index is 5.54. The van der Waals surface area contributed by atoms with Crippen LogP contribution in [0.5, 0.6) is 5.75 Å². The molecule has 4 rings (SSSR count). The van der Waals surface area contributed by atoms with Gasteiger partial charge in [-0.05, 0) is 31.2 Å². The molecule has 0 saturated heterocycles. The van der Waals surface area contributed by atoms with E-state index in [0.717, 1.165) is 22.5 Å². The summed E-state index contributed by atoms with van der Waals surface area (Å²) >= 11 is 0. The summed E-state index contributed by atoms with van der Waals surface area (Å²) in [7, 11) is 0. The van der Waals surface area contributed by atoms with Gasteiger partial charge in [-0.1, -0.05) is 18.2 Å². The molecular formula is C17H14N2O. The average molecular weight is 262 g/mol. The maximum absolute atomic E-state index is 5.54. The van der Waals surface area contributed by atoms with Gasteiger partial charge in [0.1, 0.15) is 5.75 Å². The molecule has 3 heteroatoms. The van der Waals surface area contributed by atoms with Gasteiger partial charge in [-0.15, -0.1) is 0 Å². The van der Waals surface area contributed by atoms with Gasteiger partial charge in [-0.25, -0.2) is 4.98 Å². The molecule has 0 atom stereocenters. The summed E-state index contributed by atoms with van der Waals surface area (Å²) in [5.74, 6) is 0.875. The van der Waals surface area contributed by atoms with Gasteiger partial charge < -0.3 is 9.14 Å². The molecule has 3 nitrogen and oxygen atoms in total. The van der Waals surface area contributed by atoms with Crippen LogP contribution < -0.4 is 4.74 Å². The molecule has 1 aromatic heterocycles. The van der Waals surface area contributed by atoms with E-state index < -0.39 is 0 Å². The smallest absolute Gasteiger partial charge is 0.135 e. The highest BCUT2D eigenvalue weighted by Crippen LogP contribution is 2.34. The van der Waals surface area contributed by atoms with Crippen molar-refractivity contribution in [2.75, 3.05) is 6.61 Å². The van der Waals surface area contributed by atoms with Gasteiger partial charge in [0.25, 0.3) is 0 Å². The van der Waals surface area contributed by atoms with Crippen LogP contribution in [0, 0.1) is 0 Å². The number of ether oxygens (including phenoxy) is 1. The third kappa shape index (κ3) is 1.56. The molecule has 0 aliphatic carbocycles. The highest BCUT2D eigenvalue weighted by Gasteiger charge is 2.14. The van der Waals surface area contributed by atoms with E-state index in [2.05, 4.69) is 40.9 Å². The standard InChI is InChI=1S/C17H14N2O/c1-2-20-12-7-8-16-17-14(9-10-19(16)11-12)13-5-3-4-6-15(13)18-17/h3-11H,2H2,1H3. The van der Waals surface area contributed by atoms with Crippen LogP contribution >= 0.6 is 0 Å². The summed E-state index contributed by atoms with van der Waals surface area (Å²) in [6, 6.07) is 14.4. The Morgan fingerprint density at radius 1 is 1.10 bits per heavy atom. The number of hydrogen-bond acceptors (Lipinski definition) is 2. The van der Waals surface area contributed by atoms with E-state index in [4.69, 9.17) is 9.72 Å². The van der Waals surface area contributed by atoms with Crippen LogP contribution in [0.2, 0.25) is 0 Å². The predicted octanol–water partition coefficient (Wildman–Crippen LogP) is 3.99. The number of para-hydroxylation sites is 1. The summed E-state index contributed by atoms with van der Waals surface area (Å²) < 4.78 is 7.61. The Morgan fingerprint density at radius 3 is 2.90 bits per heavy atom. The average Bonchev–Trinajstić information content (AvgIpc) is 2.86. The fourth-order valence-electron chi connectivity index (χ4n) is 2.70. The first-order chi connectivity index (χ1) is 9.86. The molecule has 0 bridgehead atoms. The summed E-state index contributed by atoms with van der Waals surface area (Å²) in [5, 5.41) is 1.21. The quantitative estimate of drug-likeness (QED) is 0.546. The third-order valence-corrected chi connectivity index (χ3v) is 3.59. The van der Waals surface area contributed by atoms with Gasteiger partial charge in [-0.2, -0.15) is 0 Å². The zero-order valence-electron chi connectivity index (χ0n) is 11.2. The van der Waals surface area contributed by atoms with Crippen molar-refractivity contribution in [1.29, 1.82) is 0 Å². The minimum atomic E-state index is 0.673. The van der Waals surface area contributed by atoms with Crippen LogP contribution in [0.4, 0.5) is 0 Å². The molecule has 3 heterocycles. The van der Waals surface area contributed by atoms with E-state index in [1.54, 1.807) is 0 Å². The molecule has 0 fully saturated rings. The van der Waals surface area contributed by atoms with Crippen molar-refractivity contribution in [2.24, 2.45) is 0 Å². The highest BCUT2D eigenvalue weighted by molar-refractivity contribution is 6.01. The lowest BCUT2D eigenvalue weighted by Gasteiger charge is -2.09. The normalized spacial score (nSPS) is 11.4. The predicted molar refractivity (Wildman–Crippen MR) is 80.5 cm³/mol. The SMILES string of the molecule is CCOc1ccc2c3nc4ccccc4c-3ccn2c1. The minimum absolute atomic E-state index is 0.673. The number of aromatic nitrogens is 2. The maximum Gasteiger partial charge on any atom is 0.135 e. The molecule has 0 N–H and O–H groups in total. The lowest BCUT2D eigenvalue weighted by molar-refractivity contribution is 0.338. The van der Waals surface area contributed by atoms with Crippen molar-refractivity contribution in [3.63, 3.8) is 0 Å². The third-order valence-electron chi connectivity index (χ3n) is 3.59. The fourth-order valence-corrected chi connectivity index (χ4v) is 2.70. The van der Waals surface area contributed by atoms with Gasteiger partial charge in [0, 0.05) is 17.1 Å². The molecule has 98 valence electrons. The van der Waals surface area contributed by atoms with Gasteiger partial charge in [-0.3, -0.25) is 0 Å². The van der Waals surface area contributed by atoms with E-state index in [1.165, 1.54) is 10.9 Å². The Bertz CT molecular complexity index is 879. The van der Waals surface area contributed by atoms with Gasteiger partial charge in [0.15, 0.2) is 0 Å². The Hall–Kier alpha value is -2.55. The number of hydrogen-bond donors (Lipinski definition) is 0. The zero-order chi connectivity index (χ0) is 13.5. The molecule has 0 unspecified atom stereocenters. The molecule has 0 saturated carbocycles. The van der Waals surface area contributed by atoms with Crippen LogP contribution in [-0.2, 0) is 0 Å². The van der Waals surface area contributed by atoms with E-state index in [0.29, 0.717) is 6.61 Å². The second kappa shape index (κ2) is 4.23. The van der Waals surface area contributed by atoms with E-state index in [9.17, 15) is 0 Å². The number of pyridine rings is 2. The first-order valence-corrected chi connectivity index (χ1v) is 6.79. The van der Waals surface area contributed by atoms with Crippen molar-refractivity contribution in [3.8, 4) is 17.0 Å². The Kier molecular flexibility index (Phi) is 2.39. The van der Waals surface area contributed by atoms with Crippen LogP contribution in [0.25, 0.3) is 27.7 Å². The van der Waals surface area contributed by atoms with E-state index >= 15 is 0 Å². The van der Waals surface area contributed by atoms with Gasteiger partial charge >= 0.3 is 0 Å². The molecule has 0 amide bonds. The lowest BCUT2D eigenvalue weighted by atomic mass is 10.1. The zero-order valence-corrected chi connectivity index (χ0v) is 11.2. The monoisotopic (exact) mass is 262 g/mol. The van der Waals surface area contributed by atoms with Gasteiger partial charge in [0.2, 0.25) is 0 Å². The van der Waals surface area contributed by atoms with Crippen LogP contribution in [0.3, 0.4) is 0 Å². The first kappa shape index (κ1) is 11.3. The van der Waals surface area contributed by atoms with Crippen LogP contribution in [-0.4, -0.2) is 16.0 Å². The molecular weight excluding hydrogens is 248 g/mol. The molecule has 0 spiro atoms. The molecule has 1 aromatic carbocycles. The second-order valence-electron chi connectivity index (χ2n) is 4.80. The van der Waals surface area contributed by atoms with Crippen molar-refractivity contribution >= 4 is 16.4 Å². The van der Waals surface area contributed by atoms with Crippen molar-refractivity contribution in [1.82, 2.24) is 9.38 Å². The fraction of sp³-hybridized carbons (Fsp3) is 0.118. The van der Waals surface area contributed by atoms with Crippen molar-refractivity contribution in [2.45, 2.75) is 6.92 Å². The minimum Gasteiger partial charge on any atom is -0.492 e. The summed E-state index contributed by atoms with van der Waals surface area (Å²) in [5.41, 5.74) is 4.38. The number of benzene rings is 1. The van der Waals surface area contributed by atoms with Crippen LogP contribution in [0.15, 0.2) is 54.9 Å². The van der Waals surface area contributed by atoms with Gasteiger partial charge in [0.05, 0.1) is 29.5 Å². The summed E-state index contributed by atoms with van der Waals surface area (Å²) in [6.07, 6.45) is 4.06. The Morgan fingerprint density at radius 2 is 2.00 bits per heavy atom. The largest absolute Gasteiger partial charge is 0.492 e. The van der Waals surface area contributed by atoms with Crippen LogP contribution in [0.1, 0.15) is 6.92 Å². The number of rotatable bonds is 2. The number of nitrogens with zero attached hydrogens (tertiary/aromatic N) is 2. The summed E-state index contributed by atoms with van der Waals surface area (Å²) in [4.78, 5) is 4.76. The van der Waals surface area contributed by atoms with Crippen molar-refractivity contribution in [3.05, 3.63) is 54.9 Å². The molecule has 0 radical (unpaired) electrons. The second-order valence-corrected chi connectivity index (χ2v) is 4.80. The Balaban J connectivity index is 2.04. The van der Waals surface area contributed by atoms with E-state index in [1.807, 2.05) is 25.3 Å². The molecule has 2 aliphatic rings. The molecule has 20 heavy (non-hydrogen) atoms. The van der Waals surface area contributed by atoms with Crippen molar-refractivity contribution < 1.29 is 4.74 Å². The topological polar surface area (TPSA) is 26.5 Å². The van der Waals surface area contributed by atoms with E-state index in [-0.39, 0.29) is 0 Å². The number of fused-ring (bicyclic) bond motifs is 5. The highest BCUT2D eigenvalue weighted by atomic mass is 16.5. The Labute approximate surface area is 116 Å². The summed E-state index contributed by atoms with van der Waals surface area (Å²) in [6.45, 7) is 2.66. The first-order valence-electron chi connectivity index (χ1n) is 6.79. The lowest BCUT2D eigenvalue weighted by Crippen LogP contribution is -1.96. The molecule has 2 aliphatic heterocycles. The molecule has 2 aromatic rings.